The summed E-state index contributed by atoms with van der Waals surface area (Å²) in [4.78, 5) is 11.6. The van der Waals surface area contributed by atoms with Crippen molar-refractivity contribution >= 4 is 18.3 Å². The summed E-state index contributed by atoms with van der Waals surface area (Å²) in [7, 11) is 0. The van der Waals surface area contributed by atoms with Crippen molar-refractivity contribution in [2.45, 2.75) is 39.2 Å². The number of hydrogen-bond donors (Lipinski definition) is 3. The molecule has 2 unspecified atom stereocenters. The molecule has 0 heterocycles. The molecule has 1 aromatic rings. The van der Waals surface area contributed by atoms with Gasteiger partial charge >= 0.3 is 0 Å². The highest BCUT2D eigenvalue weighted by Crippen LogP contribution is 2.23. The number of rotatable bonds is 5. The summed E-state index contributed by atoms with van der Waals surface area (Å²) in [6, 6.07) is 7.85. The van der Waals surface area contributed by atoms with Gasteiger partial charge < -0.3 is 16.2 Å². The molecule has 1 aromatic carbocycles. The first-order valence-corrected chi connectivity index (χ1v) is 7.02. The van der Waals surface area contributed by atoms with Gasteiger partial charge in [0, 0.05) is 19.0 Å². The lowest BCUT2D eigenvalue weighted by Gasteiger charge is -2.20. The largest absolute Gasteiger partial charge is 0.387 e. The van der Waals surface area contributed by atoms with Gasteiger partial charge in [-0.2, -0.15) is 0 Å². The van der Waals surface area contributed by atoms with Crippen LogP contribution in [0.25, 0.3) is 0 Å². The Labute approximate surface area is 133 Å². The molecule has 0 bridgehead atoms. The number of amides is 1. The minimum atomic E-state index is -0.696. The molecule has 4 nitrogen and oxygen atoms in total. The zero-order chi connectivity index (χ0) is 15.3. The van der Waals surface area contributed by atoms with Crippen LogP contribution in [0.3, 0.4) is 0 Å². The Kier molecular flexibility index (Phi) is 7.93. The quantitative estimate of drug-likeness (QED) is 0.779. The van der Waals surface area contributed by atoms with Gasteiger partial charge in [0.05, 0.1) is 6.10 Å². The van der Waals surface area contributed by atoms with Crippen LogP contribution in [0, 0.1) is 5.92 Å². The predicted octanol–water partition coefficient (Wildman–Crippen LogP) is 2.15. The molecule has 0 saturated carbocycles. The van der Waals surface area contributed by atoms with Gasteiger partial charge in [-0.1, -0.05) is 52.0 Å². The molecule has 0 fully saturated rings. The summed E-state index contributed by atoms with van der Waals surface area (Å²) in [5.74, 6) is -0.358. The number of aliphatic hydroxyl groups is 1. The molecular formula is C16H27ClN2O2. The fourth-order valence-electron chi connectivity index (χ4n) is 1.80. The normalized spacial score (nSPS) is 14.0. The average Bonchev–Trinajstić information content (AvgIpc) is 2.42. The molecule has 0 aliphatic carbocycles. The van der Waals surface area contributed by atoms with Crippen molar-refractivity contribution in [3.8, 4) is 0 Å². The van der Waals surface area contributed by atoms with Gasteiger partial charge in [-0.15, -0.1) is 12.4 Å². The molecule has 0 saturated heterocycles. The van der Waals surface area contributed by atoms with Crippen LogP contribution in [0.4, 0.5) is 0 Å². The zero-order valence-corrected chi connectivity index (χ0v) is 14.0. The van der Waals surface area contributed by atoms with Crippen LogP contribution in [-0.4, -0.2) is 24.1 Å². The number of benzene rings is 1. The first-order valence-electron chi connectivity index (χ1n) is 7.02. The maximum atomic E-state index is 11.6. The number of nitrogens with two attached hydrogens (primary N) is 1. The maximum Gasteiger partial charge on any atom is 0.224 e. The summed E-state index contributed by atoms with van der Waals surface area (Å²) in [6.45, 7) is 8.71. The predicted molar refractivity (Wildman–Crippen MR) is 88.6 cm³/mol. The van der Waals surface area contributed by atoms with Gasteiger partial charge in [-0.05, 0) is 16.5 Å². The number of aliphatic hydroxyl groups excluding tert-OH is 1. The van der Waals surface area contributed by atoms with E-state index in [1.165, 1.54) is 5.56 Å². The first-order chi connectivity index (χ1) is 9.25. The molecule has 1 amide bonds. The Morgan fingerprint density at radius 2 is 1.81 bits per heavy atom. The van der Waals surface area contributed by atoms with Crippen molar-refractivity contribution in [1.82, 2.24) is 5.32 Å². The van der Waals surface area contributed by atoms with Gasteiger partial charge in [0.2, 0.25) is 5.91 Å². The van der Waals surface area contributed by atoms with E-state index in [0.717, 1.165) is 5.56 Å². The van der Waals surface area contributed by atoms with Crippen LogP contribution < -0.4 is 11.1 Å². The minimum absolute atomic E-state index is 0. The SMILES string of the molecule is CC(CN)C(=O)NCC(O)c1ccc(C(C)(C)C)cc1.Cl. The second kappa shape index (κ2) is 8.37. The highest BCUT2D eigenvalue weighted by molar-refractivity contribution is 5.85. The number of halogens is 1. The summed E-state index contributed by atoms with van der Waals surface area (Å²) >= 11 is 0. The molecule has 5 heteroatoms. The minimum Gasteiger partial charge on any atom is -0.387 e. The van der Waals surface area contributed by atoms with Crippen LogP contribution >= 0.6 is 12.4 Å². The Hall–Kier alpha value is -1.10. The van der Waals surface area contributed by atoms with E-state index in [1.54, 1.807) is 6.92 Å². The van der Waals surface area contributed by atoms with E-state index < -0.39 is 6.10 Å². The first kappa shape index (κ1) is 19.9. The topological polar surface area (TPSA) is 75.4 Å². The third-order valence-corrected chi connectivity index (χ3v) is 3.43. The van der Waals surface area contributed by atoms with E-state index in [1.807, 2.05) is 24.3 Å². The molecule has 0 aromatic heterocycles. The lowest BCUT2D eigenvalue weighted by molar-refractivity contribution is -0.124. The van der Waals surface area contributed by atoms with Gasteiger partial charge in [-0.25, -0.2) is 0 Å². The van der Waals surface area contributed by atoms with Crippen LogP contribution in [0.2, 0.25) is 0 Å². The monoisotopic (exact) mass is 314 g/mol. The second-order valence-corrected chi connectivity index (χ2v) is 6.27. The Bertz CT molecular complexity index is 441. The lowest BCUT2D eigenvalue weighted by Crippen LogP contribution is -2.35. The van der Waals surface area contributed by atoms with Gasteiger partial charge in [-0.3, -0.25) is 4.79 Å². The van der Waals surface area contributed by atoms with E-state index in [-0.39, 0.29) is 36.2 Å². The Balaban J connectivity index is 0.00000400. The summed E-state index contributed by atoms with van der Waals surface area (Å²) < 4.78 is 0. The van der Waals surface area contributed by atoms with Gasteiger partial charge in [0.15, 0.2) is 0 Å². The van der Waals surface area contributed by atoms with Gasteiger partial charge in [0.1, 0.15) is 0 Å². The van der Waals surface area contributed by atoms with Crippen molar-refractivity contribution in [1.29, 1.82) is 0 Å². The average molecular weight is 315 g/mol. The van der Waals surface area contributed by atoms with Crippen molar-refractivity contribution < 1.29 is 9.90 Å². The molecular weight excluding hydrogens is 288 g/mol. The molecule has 0 spiro atoms. The van der Waals surface area contributed by atoms with E-state index in [9.17, 15) is 9.90 Å². The van der Waals surface area contributed by atoms with Crippen molar-refractivity contribution in [2.75, 3.05) is 13.1 Å². The van der Waals surface area contributed by atoms with Crippen molar-refractivity contribution in [3.63, 3.8) is 0 Å². The van der Waals surface area contributed by atoms with Crippen LogP contribution in [-0.2, 0) is 10.2 Å². The number of carbonyl (C=O) groups excluding carboxylic acids is 1. The van der Waals surface area contributed by atoms with Crippen molar-refractivity contribution in [2.24, 2.45) is 11.7 Å². The van der Waals surface area contributed by atoms with Crippen LogP contribution in [0.15, 0.2) is 24.3 Å². The highest BCUT2D eigenvalue weighted by Gasteiger charge is 2.16. The molecule has 21 heavy (non-hydrogen) atoms. The standard InChI is InChI=1S/C16H26N2O2.ClH/c1-11(9-17)15(20)18-10-14(19)12-5-7-13(8-6-12)16(2,3)4;/h5-8,11,14,19H,9-10,17H2,1-4H3,(H,18,20);1H. The van der Waals surface area contributed by atoms with Gasteiger partial charge in [0.25, 0.3) is 0 Å². The van der Waals surface area contributed by atoms with E-state index >= 15 is 0 Å². The lowest BCUT2D eigenvalue weighted by atomic mass is 9.86. The Morgan fingerprint density at radius 1 is 1.29 bits per heavy atom. The van der Waals surface area contributed by atoms with Crippen LogP contribution in [0.1, 0.15) is 44.9 Å². The molecule has 0 aliphatic rings. The van der Waals surface area contributed by atoms with Crippen LogP contribution in [0.5, 0.6) is 0 Å². The van der Waals surface area contributed by atoms with E-state index in [4.69, 9.17) is 5.73 Å². The van der Waals surface area contributed by atoms with E-state index in [0.29, 0.717) is 6.54 Å². The Morgan fingerprint density at radius 3 is 2.24 bits per heavy atom. The highest BCUT2D eigenvalue weighted by atomic mass is 35.5. The molecule has 0 radical (unpaired) electrons. The summed E-state index contributed by atoms with van der Waals surface area (Å²) in [5.41, 5.74) is 7.54. The number of hydrogen-bond acceptors (Lipinski definition) is 3. The fourth-order valence-corrected chi connectivity index (χ4v) is 1.80. The smallest absolute Gasteiger partial charge is 0.224 e. The molecule has 4 N–H and O–H groups in total. The number of nitrogens with one attached hydrogen (secondary N) is 1. The third kappa shape index (κ3) is 6.04. The zero-order valence-electron chi connectivity index (χ0n) is 13.2. The summed E-state index contributed by atoms with van der Waals surface area (Å²) in [6.07, 6.45) is -0.696. The fraction of sp³-hybridized carbons (Fsp3) is 0.562. The van der Waals surface area contributed by atoms with E-state index in [2.05, 4.69) is 26.1 Å². The molecule has 2 atom stereocenters. The number of carbonyl (C=O) groups is 1. The maximum absolute atomic E-state index is 11.6. The van der Waals surface area contributed by atoms with Crippen molar-refractivity contribution in [3.05, 3.63) is 35.4 Å². The third-order valence-electron chi connectivity index (χ3n) is 3.43. The molecule has 120 valence electrons. The summed E-state index contributed by atoms with van der Waals surface area (Å²) in [5, 5.41) is 12.8. The molecule has 1 rings (SSSR count). The second-order valence-electron chi connectivity index (χ2n) is 6.27. The molecule has 0 aliphatic heterocycles.